The second kappa shape index (κ2) is 6.75. The van der Waals surface area contributed by atoms with Crippen molar-refractivity contribution < 1.29 is 4.42 Å². The molecule has 0 spiro atoms. The third-order valence-corrected chi connectivity index (χ3v) is 4.70. The van der Waals surface area contributed by atoms with Gasteiger partial charge in [0.2, 0.25) is 0 Å². The van der Waals surface area contributed by atoms with E-state index in [9.17, 15) is 0 Å². The van der Waals surface area contributed by atoms with Gasteiger partial charge in [0.1, 0.15) is 11.5 Å². The topological polar surface area (TPSA) is 26.0 Å². The Bertz CT molecular complexity index is 1080. The molecule has 2 nitrogen and oxygen atoms in total. The Morgan fingerprint density at radius 2 is 1.68 bits per heavy atom. The minimum atomic E-state index is 0.491. The first-order valence-electron chi connectivity index (χ1n) is 7.79. The fourth-order valence-electron chi connectivity index (χ4n) is 2.62. The highest BCUT2D eigenvalue weighted by Gasteiger charge is 2.10. The van der Waals surface area contributed by atoms with Crippen LogP contribution in [0.25, 0.3) is 34.4 Å². The second-order valence-electron chi connectivity index (χ2n) is 5.57. The Morgan fingerprint density at radius 3 is 2.60 bits per heavy atom. The smallest absolute Gasteiger partial charge is 0.136 e. The van der Waals surface area contributed by atoms with Crippen molar-refractivity contribution in [3.8, 4) is 11.3 Å². The molecule has 2 aromatic carbocycles. The molecule has 0 saturated heterocycles. The highest BCUT2D eigenvalue weighted by Crippen LogP contribution is 2.34. The van der Waals surface area contributed by atoms with E-state index in [1.54, 1.807) is 6.07 Å². The molecule has 2 heterocycles. The summed E-state index contributed by atoms with van der Waals surface area (Å²) in [6.07, 6.45) is 3.81. The van der Waals surface area contributed by atoms with E-state index in [2.05, 4.69) is 11.1 Å². The number of hydrogen-bond acceptors (Lipinski definition) is 2. The number of rotatable bonds is 3. The summed E-state index contributed by atoms with van der Waals surface area (Å²) in [5.74, 6) is 1.40. The number of para-hydroxylation sites is 1. The average Bonchev–Trinajstić information content (AvgIpc) is 3.11. The molecule has 0 aliphatic heterocycles. The molecule has 122 valence electrons. The molecule has 0 unspecified atom stereocenters. The van der Waals surface area contributed by atoms with Gasteiger partial charge in [-0.2, -0.15) is 0 Å². The Labute approximate surface area is 155 Å². The zero-order valence-corrected chi connectivity index (χ0v) is 14.6. The zero-order chi connectivity index (χ0) is 17.2. The van der Waals surface area contributed by atoms with Crippen molar-refractivity contribution in [2.24, 2.45) is 0 Å². The van der Waals surface area contributed by atoms with E-state index in [-0.39, 0.29) is 0 Å². The van der Waals surface area contributed by atoms with E-state index < -0.39 is 0 Å². The average molecular weight is 366 g/mol. The SMILES string of the molecule is Clc1cccc(-c2ccc(/C=C/c3ccc4ccccc4n3)o2)c1Cl. The van der Waals surface area contributed by atoms with Crippen LogP contribution in [0.15, 0.2) is 71.1 Å². The number of furan rings is 1. The van der Waals surface area contributed by atoms with Crippen molar-refractivity contribution in [2.75, 3.05) is 0 Å². The molecule has 0 bridgehead atoms. The van der Waals surface area contributed by atoms with Gasteiger partial charge in [-0.25, -0.2) is 4.98 Å². The number of fused-ring (bicyclic) bond motifs is 1. The van der Waals surface area contributed by atoms with Gasteiger partial charge >= 0.3 is 0 Å². The van der Waals surface area contributed by atoms with Crippen molar-refractivity contribution in [2.45, 2.75) is 0 Å². The maximum absolute atomic E-state index is 6.25. The number of aromatic nitrogens is 1. The summed E-state index contributed by atoms with van der Waals surface area (Å²) in [4.78, 5) is 4.61. The molecule has 0 amide bonds. The Morgan fingerprint density at radius 1 is 0.800 bits per heavy atom. The molecule has 0 atom stereocenters. The summed E-state index contributed by atoms with van der Waals surface area (Å²) >= 11 is 12.3. The number of pyridine rings is 1. The maximum atomic E-state index is 6.25. The molecule has 0 N–H and O–H groups in total. The molecule has 2 aromatic heterocycles. The largest absolute Gasteiger partial charge is 0.457 e. The van der Waals surface area contributed by atoms with Gasteiger partial charge < -0.3 is 4.42 Å². The summed E-state index contributed by atoms with van der Waals surface area (Å²) in [6.45, 7) is 0. The van der Waals surface area contributed by atoms with Gasteiger partial charge in [-0.05, 0) is 48.6 Å². The first-order valence-corrected chi connectivity index (χ1v) is 8.54. The third-order valence-electron chi connectivity index (χ3n) is 3.88. The number of nitrogens with zero attached hydrogens (tertiary/aromatic N) is 1. The molecular formula is C21H13Cl2NO. The fourth-order valence-corrected chi connectivity index (χ4v) is 3.02. The van der Waals surface area contributed by atoms with Crippen LogP contribution in [-0.2, 0) is 0 Å². The van der Waals surface area contributed by atoms with E-state index in [1.165, 1.54) is 0 Å². The molecule has 4 aromatic rings. The summed E-state index contributed by atoms with van der Waals surface area (Å²) in [6, 6.07) is 21.3. The minimum Gasteiger partial charge on any atom is -0.457 e. The van der Waals surface area contributed by atoms with Crippen LogP contribution in [0.1, 0.15) is 11.5 Å². The van der Waals surface area contributed by atoms with Crippen molar-refractivity contribution >= 4 is 46.3 Å². The number of hydrogen-bond donors (Lipinski definition) is 0. The van der Waals surface area contributed by atoms with Crippen molar-refractivity contribution in [1.82, 2.24) is 4.98 Å². The van der Waals surface area contributed by atoms with Gasteiger partial charge in [-0.3, -0.25) is 0 Å². The van der Waals surface area contributed by atoms with Crippen LogP contribution in [0.4, 0.5) is 0 Å². The lowest BCUT2D eigenvalue weighted by atomic mass is 10.2. The van der Waals surface area contributed by atoms with E-state index in [0.29, 0.717) is 15.8 Å². The lowest BCUT2D eigenvalue weighted by Crippen LogP contribution is -1.82. The molecule has 4 rings (SSSR count). The van der Waals surface area contributed by atoms with Gasteiger partial charge in [0.05, 0.1) is 21.3 Å². The quantitative estimate of drug-likeness (QED) is 0.391. The summed E-state index contributed by atoms with van der Waals surface area (Å²) < 4.78 is 5.86. The van der Waals surface area contributed by atoms with Crippen LogP contribution in [0.2, 0.25) is 10.0 Å². The van der Waals surface area contributed by atoms with Crippen molar-refractivity contribution in [1.29, 1.82) is 0 Å². The summed E-state index contributed by atoms with van der Waals surface area (Å²) in [7, 11) is 0. The van der Waals surface area contributed by atoms with Crippen LogP contribution in [0.5, 0.6) is 0 Å². The summed E-state index contributed by atoms with van der Waals surface area (Å²) in [5.41, 5.74) is 2.62. The van der Waals surface area contributed by atoms with Crippen LogP contribution in [0.3, 0.4) is 0 Å². The van der Waals surface area contributed by atoms with E-state index in [1.807, 2.05) is 66.7 Å². The highest BCUT2D eigenvalue weighted by atomic mass is 35.5. The first-order chi connectivity index (χ1) is 12.2. The van der Waals surface area contributed by atoms with Crippen molar-refractivity contribution in [3.63, 3.8) is 0 Å². The van der Waals surface area contributed by atoms with Gasteiger partial charge in [-0.15, -0.1) is 0 Å². The number of benzene rings is 2. The van der Waals surface area contributed by atoms with Crippen LogP contribution >= 0.6 is 23.2 Å². The monoisotopic (exact) mass is 365 g/mol. The Balaban J connectivity index is 1.61. The third kappa shape index (κ3) is 3.32. The molecular weight excluding hydrogens is 353 g/mol. The number of halogens is 2. The normalized spacial score (nSPS) is 11.4. The van der Waals surface area contributed by atoms with Gasteiger partial charge in [-0.1, -0.05) is 53.5 Å². The molecule has 0 radical (unpaired) electrons. The Kier molecular flexibility index (Phi) is 4.31. The van der Waals surface area contributed by atoms with Gasteiger partial charge in [0, 0.05) is 10.9 Å². The molecule has 0 saturated carbocycles. The van der Waals surface area contributed by atoms with E-state index in [0.717, 1.165) is 27.9 Å². The van der Waals surface area contributed by atoms with Crippen LogP contribution < -0.4 is 0 Å². The van der Waals surface area contributed by atoms with Crippen LogP contribution in [-0.4, -0.2) is 4.98 Å². The Hall–Kier alpha value is -2.55. The highest BCUT2D eigenvalue weighted by molar-refractivity contribution is 6.43. The van der Waals surface area contributed by atoms with Gasteiger partial charge in [0.15, 0.2) is 0 Å². The maximum Gasteiger partial charge on any atom is 0.136 e. The fraction of sp³-hybridized carbons (Fsp3) is 0. The van der Waals surface area contributed by atoms with Crippen LogP contribution in [0, 0.1) is 0 Å². The summed E-state index contributed by atoms with van der Waals surface area (Å²) in [5, 5.41) is 2.12. The lowest BCUT2D eigenvalue weighted by molar-refractivity contribution is 0.572. The van der Waals surface area contributed by atoms with Gasteiger partial charge in [0.25, 0.3) is 0 Å². The van der Waals surface area contributed by atoms with E-state index >= 15 is 0 Å². The zero-order valence-electron chi connectivity index (χ0n) is 13.1. The standard InChI is InChI=1S/C21H13Cl2NO/c22-18-6-3-5-17(21(18)23)20-13-12-16(25-20)11-10-15-9-8-14-4-1-2-7-19(14)24-15/h1-13H/b11-10+. The second-order valence-corrected chi connectivity index (χ2v) is 6.35. The van der Waals surface area contributed by atoms with E-state index in [4.69, 9.17) is 27.6 Å². The first kappa shape index (κ1) is 15.9. The minimum absolute atomic E-state index is 0.491. The predicted octanol–water partition coefficient (Wildman–Crippen LogP) is 6.97. The predicted molar refractivity (Wildman–Crippen MR) is 105 cm³/mol. The lowest BCUT2D eigenvalue weighted by Gasteiger charge is -2.01. The molecule has 4 heteroatoms. The molecule has 0 fully saturated rings. The molecule has 25 heavy (non-hydrogen) atoms. The van der Waals surface area contributed by atoms with Crippen molar-refractivity contribution in [3.05, 3.63) is 88.2 Å². The molecule has 0 aliphatic carbocycles. The molecule has 0 aliphatic rings.